The molecule has 0 unspecified atom stereocenters. The van der Waals surface area contributed by atoms with Crippen LogP contribution in [0.2, 0.25) is 0 Å². The summed E-state index contributed by atoms with van der Waals surface area (Å²) in [4.78, 5) is 13.1. The lowest BCUT2D eigenvalue weighted by atomic mass is 9.87. The number of piperidine rings is 1. The van der Waals surface area contributed by atoms with E-state index in [4.69, 9.17) is 9.47 Å². The van der Waals surface area contributed by atoms with Gasteiger partial charge in [-0.3, -0.25) is 9.48 Å². The van der Waals surface area contributed by atoms with E-state index in [-0.39, 0.29) is 18.3 Å². The molecule has 0 spiro atoms. The molecular weight excluding hydrogens is 344 g/mol. The van der Waals surface area contributed by atoms with Crippen LogP contribution in [0.3, 0.4) is 0 Å². The first-order valence-corrected chi connectivity index (χ1v) is 8.20. The lowest BCUT2D eigenvalue weighted by Gasteiger charge is -2.36. The number of halogens is 1. The monoisotopic (exact) mass is 364 g/mol. The van der Waals surface area contributed by atoms with Gasteiger partial charge in [0.25, 0.3) is 5.91 Å². The van der Waals surface area contributed by atoms with E-state index in [9.17, 15) is 4.79 Å². The third kappa shape index (κ3) is 3.29. The number of anilines is 1. The highest BCUT2D eigenvalue weighted by atomic mass is 35.5. The van der Waals surface area contributed by atoms with Crippen LogP contribution in [0.25, 0.3) is 0 Å². The lowest BCUT2D eigenvalue weighted by Crippen LogP contribution is -2.52. The highest BCUT2D eigenvalue weighted by molar-refractivity contribution is 5.97. The van der Waals surface area contributed by atoms with Crippen LogP contribution in [0, 0.1) is 0 Å². The molecule has 1 amide bonds. The van der Waals surface area contributed by atoms with E-state index in [2.05, 4.69) is 15.7 Å². The zero-order valence-electron chi connectivity index (χ0n) is 13.7. The fraction of sp³-hybridized carbons (Fsp3) is 0.412. The average molecular weight is 365 g/mol. The third-order valence-electron chi connectivity index (χ3n) is 4.60. The van der Waals surface area contributed by atoms with Crippen LogP contribution in [0.15, 0.2) is 36.7 Å². The Balaban J connectivity index is 0.00000182. The summed E-state index contributed by atoms with van der Waals surface area (Å²) in [5, 5.41) is 10.7. The lowest BCUT2D eigenvalue weighted by molar-refractivity contribution is -0.126. The van der Waals surface area contributed by atoms with Crippen LogP contribution >= 0.6 is 12.4 Å². The quantitative estimate of drug-likeness (QED) is 0.868. The van der Waals surface area contributed by atoms with Crippen LogP contribution < -0.4 is 20.1 Å². The topological polar surface area (TPSA) is 77.4 Å². The number of nitrogens with zero attached hydrogens (tertiary/aromatic N) is 2. The average Bonchev–Trinajstić information content (AvgIpc) is 3.17. The van der Waals surface area contributed by atoms with E-state index in [1.165, 1.54) is 0 Å². The summed E-state index contributed by atoms with van der Waals surface area (Å²) < 4.78 is 12.9. The predicted molar refractivity (Wildman–Crippen MR) is 95.6 cm³/mol. The van der Waals surface area contributed by atoms with Crippen molar-refractivity contribution in [1.82, 2.24) is 15.1 Å². The van der Waals surface area contributed by atoms with Gasteiger partial charge >= 0.3 is 0 Å². The molecule has 2 aliphatic rings. The first-order valence-electron chi connectivity index (χ1n) is 8.20. The highest BCUT2D eigenvalue weighted by Gasteiger charge is 2.42. The van der Waals surface area contributed by atoms with Gasteiger partial charge in [0, 0.05) is 24.1 Å². The number of aromatic nitrogens is 2. The summed E-state index contributed by atoms with van der Waals surface area (Å²) in [6, 6.07) is 7.32. The fourth-order valence-corrected chi connectivity index (χ4v) is 3.29. The fourth-order valence-electron chi connectivity index (χ4n) is 3.29. The van der Waals surface area contributed by atoms with Crippen LogP contribution in [0.1, 0.15) is 12.8 Å². The summed E-state index contributed by atoms with van der Waals surface area (Å²) in [6.45, 7) is 2.64. The van der Waals surface area contributed by atoms with Gasteiger partial charge in [-0.25, -0.2) is 0 Å². The van der Waals surface area contributed by atoms with Crippen molar-refractivity contribution in [2.24, 2.45) is 0 Å². The van der Waals surface area contributed by atoms with Gasteiger partial charge in [-0.1, -0.05) is 0 Å². The Morgan fingerprint density at radius 2 is 1.96 bits per heavy atom. The molecule has 1 aromatic carbocycles. The molecule has 25 heavy (non-hydrogen) atoms. The molecule has 3 heterocycles. The minimum Gasteiger partial charge on any atom is -0.486 e. The molecular formula is C17H21ClN4O3. The van der Waals surface area contributed by atoms with Crippen molar-refractivity contribution in [3.8, 4) is 11.5 Å². The number of fused-ring (bicyclic) bond motifs is 1. The van der Waals surface area contributed by atoms with Gasteiger partial charge in [0.05, 0.1) is 0 Å². The predicted octanol–water partition coefficient (Wildman–Crippen LogP) is 1.79. The first kappa shape index (κ1) is 17.6. The second-order valence-electron chi connectivity index (χ2n) is 6.04. The maximum Gasteiger partial charge on any atom is 0.252 e. The van der Waals surface area contributed by atoms with Crippen molar-refractivity contribution >= 4 is 24.0 Å². The van der Waals surface area contributed by atoms with Crippen molar-refractivity contribution < 1.29 is 14.3 Å². The molecule has 1 fully saturated rings. The SMILES string of the molecule is Cl.O=C(Nc1ccc2c(c1)OCCO2)C1(n2cccn2)CCNCC1. The normalized spacial score (nSPS) is 18.1. The molecule has 2 aromatic rings. The molecule has 0 aliphatic carbocycles. The number of nitrogens with one attached hydrogen (secondary N) is 2. The summed E-state index contributed by atoms with van der Waals surface area (Å²) in [6.07, 6.45) is 4.96. The number of ether oxygens (including phenoxy) is 2. The zero-order chi connectivity index (χ0) is 16.4. The van der Waals surface area contributed by atoms with E-state index in [0.29, 0.717) is 43.2 Å². The summed E-state index contributed by atoms with van der Waals surface area (Å²) in [5.41, 5.74) is 0.0384. The number of amides is 1. The Hall–Kier alpha value is -2.25. The molecule has 2 N–H and O–H groups in total. The number of carbonyl (C=O) groups is 1. The maximum atomic E-state index is 13.1. The van der Waals surface area contributed by atoms with Crippen molar-refractivity contribution in [1.29, 1.82) is 0 Å². The van der Waals surface area contributed by atoms with E-state index in [1.54, 1.807) is 10.9 Å². The Bertz CT molecular complexity index is 729. The first-order chi connectivity index (χ1) is 11.8. The number of hydrogen-bond acceptors (Lipinski definition) is 5. The van der Waals surface area contributed by atoms with Crippen molar-refractivity contribution in [2.45, 2.75) is 18.4 Å². The molecule has 7 nitrogen and oxygen atoms in total. The van der Waals surface area contributed by atoms with Crippen LogP contribution in [-0.2, 0) is 10.3 Å². The van der Waals surface area contributed by atoms with Crippen molar-refractivity contribution in [3.05, 3.63) is 36.7 Å². The minimum atomic E-state index is -0.665. The molecule has 1 saturated heterocycles. The second-order valence-corrected chi connectivity index (χ2v) is 6.04. The molecule has 0 bridgehead atoms. The van der Waals surface area contributed by atoms with E-state index in [1.807, 2.05) is 30.5 Å². The largest absolute Gasteiger partial charge is 0.486 e. The Labute approximate surface area is 152 Å². The molecule has 0 saturated carbocycles. The Morgan fingerprint density at radius 1 is 1.20 bits per heavy atom. The molecule has 0 atom stereocenters. The van der Waals surface area contributed by atoms with Gasteiger partial charge in [0.15, 0.2) is 11.5 Å². The van der Waals surface area contributed by atoms with Gasteiger partial charge in [0.2, 0.25) is 0 Å². The molecule has 1 aromatic heterocycles. The molecule has 2 aliphatic heterocycles. The maximum absolute atomic E-state index is 13.1. The van der Waals surface area contributed by atoms with Crippen molar-refractivity contribution in [2.75, 3.05) is 31.6 Å². The number of rotatable bonds is 3. The van der Waals surface area contributed by atoms with Crippen LogP contribution in [0.5, 0.6) is 11.5 Å². The third-order valence-corrected chi connectivity index (χ3v) is 4.60. The molecule has 134 valence electrons. The molecule has 4 rings (SSSR count). The standard InChI is InChI=1S/C17H20N4O3.ClH/c22-16(17(4-7-18-8-5-17)21-9-1-6-19-21)20-13-2-3-14-15(12-13)24-11-10-23-14;/h1-3,6,9,12,18H,4-5,7-8,10-11H2,(H,20,22);1H. The van der Waals surface area contributed by atoms with Gasteiger partial charge < -0.3 is 20.1 Å². The van der Waals surface area contributed by atoms with Gasteiger partial charge in [-0.05, 0) is 44.1 Å². The van der Waals surface area contributed by atoms with Gasteiger partial charge in [0.1, 0.15) is 18.8 Å². The van der Waals surface area contributed by atoms with E-state index >= 15 is 0 Å². The van der Waals surface area contributed by atoms with E-state index < -0.39 is 5.54 Å². The second kappa shape index (κ2) is 7.33. The Morgan fingerprint density at radius 3 is 2.68 bits per heavy atom. The number of carbonyl (C=O) groups excluding carboxylic acids is 1. The molecule has 0 radical (unpaired) electrons. The van der Waals surface area contributed by atoms with Gasteiger partial charge in [-0.2, -0.15) is 5.10 Å². The van der Waals surface area contributed by atoms with Crippen molar-refractivity contribution in [3.63, 3.8) is 0 Å². The number of benzene rings is 1. The van der Waals surface area contributed by atoms with Crippen LogP contribution in [-0.4, -0.2) is 42.0 Å². The van der Waals surface area contributed by atoms with Gasteiger partial charge in [-0.15, -0.1) is 12.4 Å². The minimum absolute atomic E-state index is 0. The Kier molecular flexibility index (Phi) is 5.15. The smallest absolute Gasteiger partial charge is 0.252 e. The molecule has 8 heteroatoms. The number of hydrogen-bond donors (Lipinski definition) is 2. The summed E-state index contributed by atoms with van der Waals surface area (Å²) in [5.74, 6) is 1.32. The summed E-state index contributed by atoms with van der Waals surface area (Å²) >= 11 is 0. The summed E-state index contributed by atoms with van der Waals surface area (Å²) in [7, 11) is 0. The highest BCUT2D eigenvalue weighted by Crippen LogP contribution is 2.34. The van der Waals surface area contributed by atoms with E-state index in [0.717, 1.165) is 13.1 Å². The zero-order valence-corrected chi connectivity index (χ0v) is 14.6. The van der Waals surface area contributed by atoms with Crippen LogP contribution in [0.4, 0.5) is 5.69 Å².